The van der Waals surface area contributed by atoms with E-state index in [1.807, 2.05) is 13.1 Å². The molecule has 0 amide bonds. The fraction of sp³-hybridized carbons (Fsp3) is 0.444. The lowest BCUT2D eigenvalue weighted by molar-refractivity contribution is 0.538. The van der Waals surface area contributed by atoms with Crippen LogP contribution in [-0.2, 0) is 13.1 Å². The molecular weight excluding hydrogens is 274 g/mol. The first-order valence-electron chi connectivity index (χ1n) is 7.90. The van der Waals surface area contributed by atoms with Crippen LogP contribution in [0.4, 0.5) is 0 Å². The van der Waals surface area contributed by atoms with Gasteiger partial charge in [-0.3, -0.25) is 4.79 Å². The number of benzene rings is 1. The van der Waals surface area contributed by atoms with Gasteiger partial charge in [0.05, 0.1) is 5.69 Å². The lowest BCUT2D eigenvalue weighted by Gasteiger charge is -2.12. The van der Waals surface area contributed by atoms with Crippen LogP contribution in [0.3, 0.4) is 0 Å². The van der Waals surface area contributed by atoms with Crippen LogP contribution in [0.25, 0.3) is 11.3 Å². The molecule has 22 heavy (non-hydrogen) atoms. The molecule has 0 aliphatic rings. The molecule has 0 atom stereocenters. The standard InChI is InChI=1S/C18H25N3O/c1-5-6-9-21-18(22)15(12-19-4)11-17(20-21)16-8-7-13(2)10-14(16)3/h7-8,10-11,19H,5-6,9,12H2,1-4H3. The molecule has 0 saturated carbocycles. The maximum absolute atomic E-state index is 12.4. The number of nitrogens with one attached hydrogen (secondary N) is 1. The van der Waals surface area contributed by atoms with E-state index < -0.39 is 0 Å². The van der Waals surface area contributed by atoms with Crippen molar-refractivity contribution in [1.82, 2.24) is 15.1 Å². The van der Waals surface area contributed by atoms with Gasteiger partial charge in [-0.15, -0.1) is 0 Å². The Hall–Kier alpha value is -1.94. The molecule has 0 fully saturated rings. The van der Waals surface area contributed by atoms with Crippen LogP contribution in [0, 0.1) is 13.8 Å². The van der Waals surface area contributed by atoms with Crippen molar-refractivity contribution in [3.05, 3.63) is 51.3 Å². The maximum Gasteiger partial charge on any atom is 0.271 e. The monoisotopic (exact) mass is 299 g/mol. The zero-order valence-electron chi connectivity index (χ0n) is 13.9. The molecule has 118 valence electrons. The van der Waals surface area contributed by atoms with Gasteiger partial charge in [0.2, 0.25) is 0 Å². The van der Waals surface area contributed by atoms with Crippen LogP contribution in [0.1, 0.15) is 36.5 Å². The Morgan fingerprint density at radius 2 is 2.00 bits per heavy atom. The number of hydrogen-bond acceptors (Lipinski definition) is 3. The third-order valence-corrected chi connectivity index (χ3v) is 3.80. The summed E-state index contributed by atoms with van der Waals surface area (Å²) < 4.78 is 1.62. The van der Waals surface area contributed by atoms with Crippen LogP contribution < -0.4 is 10.9 Å². The van der Waals surface area contributed by atoms with Crippen molar-refractivity contribution >= 4 is 0 Å². The molecule has 4 nitrogen and oxygen atoms in total. The van der Waals surface area contributed by atoms with Crippen molar-refractivity contribution in [1.29, 1.82) is 0 Å². The zero-order valence-corrected chi connectivity index (χ0v) is 13.9. The Bertz CT molecular complexity index is 704. The maximum atomic E-state index is 12.4. The Morgan fingerprint density at radius 1 is 1.23 bits per heavy atom. The third kappa shape index (κ3) is 3.63. The molecule has 0 unspecified atom stereocenters. The highest BCUT2D eigenvalue weighted by Crippen LogP contribution is 2.22. The molecule has 0 aliphatic heterocycles. The minimum Gasteiger partial charge on any atom is -0.315 e. The molecule has 2 rings (SSSR count). The molecule has 0 radical (unpaired) electrons. The van der Waals surface area contributed by atoms with E-state index in [2.05, 4.69) is 49.4 Å². The average molecular weight is 299 g/mol. The van der Waals surface area contributed by atoms with Crippen molar-refractivity contribution in [3.63, 3.8) is 0 Å². The molecule has 1 aromatic carbocycles. The molecule has 2 aromatic rings. The summed E-state index contributed by atoms with van der Waals surface area (Å²) in [6.45, 7) is 7.52. The van der Waals surface area contributed by atoms with Gasteiger partial charge < -0.3 is 5.32 Å². The van der Waals surface area contributed by atoms with E-state index in [-0.39, 0.29) is 5.56 Å². The minimum absolute atomic E-state index is 0.0105. The van der Waals surface area contributed by atoms with E-state index in [0.29, 0.717) is 13.1 Å². The van der Waals surface area contributed by atoms with Crippen LogP contribution in [0.2, 0.25) is 0 Å². The second-order valence-electron chi connectivity index (χ2n) is 5.79. The second-order valence-corrected chi connectivity index (χ2v) is 5.79. The second kappa shape index (κ2) is 7.36. The predicted molar refractivity (Wildman–Crippen MR) is 91.1 cm³/mol. The Morgan fingerprint density at radius 3 is 2.64 bits per heavy atom. The number of unbranched alkanes of at least 4 members (excludes halogenated alkanes) is 1. The summed E-state index contributed by atoms with van der Waals surface area (Å²) in [4.78, 5) is 12.4. The molecule has 0 saturated heterocycles. The summed E-state index contributed by atoms with van der Waals surface area (Å²) in [6, 6.07) is 8.24. The first kappa shape index (κ1) is 16.4. The molecule has 0 spiro atoms. The normalized spacial score (nSPS) is 10.9. The van der Waals surface area contributed by atoms with E-state index in [1.165, 1.54) is 11.1 Å². The summed E-state index contributed by atoms with van der Waals surface area (Å²) in [5.41, 5.74) is 5.16. The highest BCUT2D eigenvalue weighted by molar-refractivity contribution is 5.64. The zero-order chi connectivity index (χ0) is 16.1. The van der Waals surface area contributed by atoms with E-state index in [0.717, 1.165) is 29.7 Å². The minimum atomic E-state index is 0.0105. The fourth-order valence-corrected chi connectivity index (χ4v) is 2.61. The highest BCUT2D eigenvalue weighted by atomic mass is 16.1. The Balaban J connectivity index is 2.54. The Labute approximate surface area is 132 Å². The third-order valence-electron chi connectivity index (χ3n) is 3.80. The molecule has 4 heteroatoms. The highest BCUT2D eigenvalue weighted by Gasteiger charge is 2.11. The number of aromatic nitrogens is 2. The van der Waals surface area contributed by atoms with Gasteiger partial charge in [0.1, 0.15) is 0 Å². The molecule has 0 bridgehead atoms. The van der Waals surface area contributed by atoms with Gasteiger partial charge in [0.15, 0.2) is 0 Å². The number of hydrogen-bond donors (Lipinski definition) is 1. The van der Waals surface area contributed by atoms with Gasteiger partial charge in [-0.2, -0.15) is 5.10 Å². The van der Waals surface area contributed by atoms with Gasteiger partial charge in [-0.1, -0.05) is 37.1 Å². The van der Waals surface area contributed by atoms with Crippen LogP contribution in [0.5, 0.6) is 0 Å². The van der Waals surface area contributed by atoms with E-state index in [9.17, 15) is 4.79 Å². The van der Waals surface area contributed by atoms with Gasteiger partial charge in [0, 0.05) is 24.2 Å². The first-order valence-corrected chi connectivity index (χ1v) is 7.90. The quantitative estimate of drug-likeness (QED) is 0.892. The van der Waals surface area contributed by atoms with E-state index in [4.69, 9.17) is 0 Å². The lowest BCUT2D eigenvalue weighted by atomic mass is 10.0. The topological polar surface area (TPSA) is 46.9 Å². The van der Waals surface area contributed by atoms with Crippen molar-refractivity contribution in [2.75, 3.05) is 7.05 Å². The van der Waals surface area contributed by atoms with Gasteiger partial charge in [0.25, 0.3) is 5.56 Å². The summed E-state index contributed by atoms with van der Waals surface area (Å²) in [5.74, 6) is 0. The van der Waals surface area contributed by atoms with Crippen LogP contribution in [-0.4, -0.2) is 16.8 Å². The number of aryl methyl sites for hydroxylation is 3. The SMILES string of the molecule is CCCCn1nc(-c2ccc(C)cc2C)cc(CNC)c1=O. The molecule has 1 aromatic heterocycles. The van der Waals surface area contributed by atoms with Crippen molar-refractivity contribution < 1.29 is 0 Å². The van der Waals surface area contributed by atoms with E-state index >= 15 is 0 Å². The van der Waals surface area contributed by atoms with Gasteiger partial charge >= 0.3 is 0 Å². The van der Waals surface area contributed by atoms with E-state index in [1.54, 1.807) is 4.68 Å². The predicted octanol–water partition coefficient (Wildman–Crippen LogP) is 3.05. The Kier molecular flexibility index (Phi) is 5.50. The fourth-order valence-electron chi connectivity index (χ4n) is 2.61. The lowest BCUT2D eigenvalue weighted by Crippen LogP contribution is -2.29. The molecule has 1 heterocycles. The number of rotatable bonds is 6. The van der Waals surface area contributed by atoms with Crippen LogP contribution in [0.15, 0.2) is 29.1 Å². The first-order chi connectivity index (χ1) is 10.6. The smallest absolute Gasteiger partial charge is 0.271 e. The van der Waals surface area contributed by atoms with Gasteiger partial charge in [-0.25, -0.2) is 4.68 Å². The van der Waals surface area contributed by atoms with Crippen molar-refractivity contribution in [2.24, 2.45) is 0 Å². The van der Waals surface area contributed by atoms with Crippen molar-refractivity contribution in [2.45, 2.75) is 46.7 Å². The largest absolute Gasteiger partial charge is 0.315 e. The average Bonchev–Trinajstić information content (AvgIpc) is 2.48. The molecule has 0 aliphatic carbocycles. The summed E-state index contributed by atoms with van der Waals surface area (Å²) in [7, 11) is 1.85. The summed E-state index contributed by atoms with van der Waals surface area (Å²) in [6.07, 6.45) is 2.01. The summed E-state index contributed by atoms with van der Waals surface area (Å²) >= 11 is 0. The number of nitrogens with zero attached hydrogens (tertiary/aromatic N) is 2. The summed E-state index contributed by atoms with van der Waals surface area (Å²) in [5, 5.41) is 7.66. The van der Waals surface area contributed by atoms with Crippen LogP contribution >= 0.6 is 0 Å². The van der Waals surface area contributed by atoms with Crippen molar-refractivity contribution in [3.8, 4) is 11.3 Å². The van der Waals surface area contributed by atoms with Gasteiger partial charge in [-0.05, 0) is 38.9 Å². The molecule has 1 N–H and O–H groups in total. The molecular formula is C18H25N3O.